The minimum atomic E-state index is 0.643. The van der Waals surface area contributed by atoms with Crippen LogP contribution >= 0.6 is 0 Å². The Hall–Kier alpha value is -2.36. The van der Waals surface area contributed by atoms with Crippen LogP contribution in [0.25, 0.3) is 11.2 Å². The summed E-state index contributed by atoms with van der Waals surface area (Å²) in [6.45, 7) is 7.16. The molecule has 142 valence electrons. The van der Waals surface area contributed by atoms with Crippen LogP contribution in [0.1, 0.15) is 61.7 Å². The van der Waals surface area contributed by atoms with Crippen molar-refractivity contribution in [1.29, 1.82) is 0 Å². The van der Waals surface area contributed by atoms with Gasteiger partial charge in [-0.15, -0.1) is 0 Å². The zero-order chi connectivity index (χ0) is 18.8. The molecule has 1 aliphatic carbocycles. The van der Waals surface area contributed by atoms with Crippen LogP contribution in [0.15, 0.2) is 30.3 Å². The van der Waals surface area contributed by atoms with Crippen LogP contribution in [0.3, 0.4) is 0 Å². The average molecular weight is 363 g/mol. The van der Waals surface area contributed by atoms with E-state index in [2.05, 4.69) is 61.0 Å². The molecule has 0 unspecified atom stereocenters. The van der Waals surface area contributed by atoms with E-state index in [-0.39, 0.29) is 0 Å². The number of benzene rings is 1. The summed E-state index contributed by atoms with van der Waals surface area (Å²) in [6, 6.07) is 11.7. The van der Waals surface area contributed by atoms with Gasteiger partial charge in [0.15, 0.2) is 5.65 Å². The Morgan fingerprint density at radius 2 is 1.78 bits per heavy atom. The lowest BCUT2D eigenvalue weighted by Gasteiger charge is -2.24. The summed E-state index contributed by atoms with van der Waals surface area (Å²) in [5.41, 5.74) is 6.83. The van der Waals surface area contributed by atoms with Gasteiger partial charge in [-0.2, -0.15) is 0 Å². The number of fused-ring (bicyclic) bond motifs is 1. The van der Waals surface area contributed by atoms with Crippen molar-refractivity contribution in [3.05, 3.63) is 53.0 Å². The van der Waals surface area contributed by atoms with E-state index in [0.29, 0.717) is 6.04 Å². The van der Waals surface area contributed by atoms with E-state index in [1.54, 1.807) is 0 Å². The molecule has 1 aromatic carbocycles. The number of aryl methyl sites for hydroxylation is 3. The molecule has 0 saturated heterocycles. The summed E-state index contributed by atoms with van der Waals surface area (Å²) in [5.74, 6) is 1.11. The third-order valence-corrected chi connectivity index (χ3v) is 5.69. The number of hydrogen-bond acceptors (Lipinski definition) is 3. The Balaban J connectivity index is 1.56. The average Bonchev–Trinajstić information content (AvgIpc) is 3.02. The van der Waals surface area contributed by atoms with Crippen LogP contribution in [0, 0.1) is 13.8 Å². The van der Waals surface area contributed by atoms with Gasteiger partial charge in [0.25, 0.3) is 0 Å². The Labute approximate surface area is 162 Å². The predicted molar refractivity (Wildman–Crippen MR) is 112 cm³/mol. The summed E-state index contributed by atoms with van der Waals surface area (Å²) in [4.78, 5) is 9.64. The fourth-order valence-electron chi connectivity index (χ4n) is 4.26. The molecule has 4 rings (SSSR count). The van der Waals surface area contributed by atoms with Crippen LogP contribution in [0.5, 0.6) is 0 Å². The molecule has 0 radical (unpaired) electrons. The molecule has 0 atom stereocenters. The van der Waals surface area contributed by atoms with E-state index in [4.69, 9.17) is 9.97 Å². The number of anilines is 1. The number of rotatable bonds is 5. The van der Waals surface area contributed by atoms with Crippen LogP contribution in [0.4, 0.5) is 5.69 Å². The van der Waals surface area contributed by atoms with Crippen LogP contribution < -0.4 is 5.32 Å². The van der Waals surface area contributed by atoms with Gasteiger partial charge >= 0.3 is 0 Å². The zero-order valence-electron chi connectivity index (χ0n) is 16.8. The van der Waals surface area contributed by atoms with Crippen molar-refractivity contribution < 1.29 is 0 Å². The molecule has 0 amide bonds. The van der Waals surface area contributed by atoms with Gasteiger partial charge in [-0.1, -0.05) is 38.3 Å². The number of imidazole rings is 1. The van der Waals surface area contributed by atoms with Crippen LogP contribution in [-0.2, 0) is 13.0 Å². The van der Waals surface area contributed by atoms with Gasteiger partial charge in [-0.05, 0) is 56.0 Å². The molecular weight excluding hydrogens is 332 g/mol. The summed E-state index contributed by atoms with van der Waals surface area (Å²) in [7, 11) is 0. The van der Waals surface area contributed by atoms with Gasteiger partial charge in [0.1, 0.15) is 11.3 Å². The largest absolute Gasteiger partial charge is 0.382 e. The third kappa shape index (κ3) is 3.85. The van der Waals surface area contributed by atoms with Gasteiger partial charge in [0.2, 0.25) is 0 Å². The highest BCUT2D eigenvalue weighted by Gasteiger charge is 2.15. The minimum absolute atomic E-state index is 0.643. The van der Waals surface area contributed by atoms with E-state index < -0.39 is 0 Å². The quantitative estimate of drug-likeness (QED) is 0.660. The fraction of sp³-hybridized carbons (Fsp3) is 0.478. The van der Waals surface area contributed by atoms with Crippen molar-refractivity contribution in [2.24, 2.45) is 0 Å². The molecule has 27 heavy (non-hydrogen) atoms. The van der Waals surface area contributed by atoms with E-state index in [9.17, 15) is 0 Å². The summed E-state index contributed by atoms with van der Waals surface area (Å²) in [5, 5.41) is 3.70. The number of pyridine rings is 1. The van der Waals surface area contributed by atoms with E-state index in [1.807, 2.05) is 0 Å². The van der Waals surface area contributed by atoms with Gasteiger partial charge in [-0.3, -0.25) is 0 Å². The molecule has 2 aromatic heterocycles. The van der Waals surface area contributed by atoms with Crippen molar-refractivity contribution in [1.82, 2.24) is 14.5 Å². The van der Waals surface area contributed by atoms with E-state index in [0.717, 1.165) is 35.6 Å². The summed E-state index contributed by atoms with van der Waals surface area (Å²) >= 11 is 0. The van der Waals surface area contributed by atoms with Crippen molar-refractivity contribution in [2.75, 3.05) is 5.32 Å². The number of aromatic nitrogens is 3. The first-order valence-corrected chi connectivity index (χ1v) is 10.3. The normalized spacial score (nSPS) is 15.4. The number of nitrogens with zero attached hydrogens (tertiary/aromatic N) is 3. The molecule has 4 nitrogen and oxygen atoms in total. The molecular formula is C23H30N4. The maximum absolute atomic E-state index is 4.85. The minimum Gasteiger partial charge on any atom is -0.382 e. The Kier molecular flexibility index (Phi) is 5.15. The molecule has 1 aliphatic rings. The lowest BCUT2D eigenvalue weighted by molar-refractivity contribution is 0.463. The van der Waals surface area contributed by atoms with Crippen LogP contribution in [-0.4, -0.2) is 20.6 Å². The molecule has 1 fully saturated rings. The van der Waals surface area contributed by atoms with E-state index in [1.165, 1.54) is 48.9 Å². The molecule has 1 saturated carbocycles. The van der Waals surface area contributed by atoms with Gasteiger partial charge < -0.3 is 9.88 Å². The molecule has 1 N–H and O–H groups in total. The first-order chi connectivity index (χ1) is 13.1. The van der Waals surface area contributed by atoms with Gasteiger partial charge in [-0.25, -0.2) is 9.97 Å². The Bertz CT molecular complexity index is 918. The second-order valence-electron chi connectivity index (χ2n) is 7.90. The van der Waals surface area contributed by atoms with Crippen molar-refractivity contribution >= 4 is 16.9 Å². The van der Waals surface area contributed by atoms with E-state index >= 15 is 0 Å². The SMILES string of the molecule is CCc1nc2c(C)cc(C)nc2n1Cc1ccc(NC2CCCCC2)cc1. The van der Waals surface area contributed by atoms with Gasteiger partial charge in [0.05, 0.1) is 6.54 Å². The molecule has 4 heteroatoms. The summed E-state index contributed by atoms with van der Waals surface area (Å²) < 4.78 is 2.28. The highest BCUT2D eigenvalue weighted by Crippen LogP contribution is 2.23. The van der Waals surface area contributed by atoms with Crippen molar-refractivity contribution in [2.45, 2.75) is 71.9 Å². The first-order valence-electron chi connectivity index (χ1n) is 10.3. The Morgan fingerprint density at radius 1 is 1.04 bits per heavy atom. The molecule has 0 bridgehead atoms. The molecule has 2 heterocycles. The molecule has 0 spiro atoms. The zero-order valence-corrected chi connectivity index (χ0v) is 16.8. The third-order valence-electron chi connectivity index (χ3n) is 5.69. The van der Waals surface area contributed by atoms with Crippen molar-refractivity contribution in [3.63, 3.8) is 0 Å². The highest BCUT2D eigenvalue weighted by molar-refractivity contribution is 5.76. The monoisotopic (exact) mass is 362 g/mol. The van der Waals surface area contributed by atoms with Crippen LogP contribution in [0.2, 0.25) is 0 Å². The van der Waals surface area contributed by atoms with Crippen molar-refractivity contribution in [3.8, 4) is 0 Å². The maximum Gasteiger partial charge on any atom is 0.160 e. The number of nitrogens with one attached hydrogen (secondary N) is 1. The molecule has 0 aliphatic heterocycles. The van der Waals surface area contributed by atoms with Gasteiger partial charge in [0, 0.05) is 23.8 Å². The highest BCUT2D eigenvalue weighted by atomic mass is 15.1. The molecule has 3 aromatic rings. The Morgan fingerprint density at radius 3 is 2.48 bits per heavy atom. The predicted octanol–water partition coefficient (Wildman–Crippen LogP) is 5.40. The lowest BCUT2D eigenvalue weighted by Crippen LogP contribution is -2.22. The fourth-order valence-corrected chi connectivity index (χ4v) is 4.26. The second kappa shape index (κ2) is 7.71. The number of hydrogen-bond donors (Lipinski definition) is 1. The standard InChI is InChI=1S/C23H30N4/c1-4-21-26-22-16(2)14-17(3)24-23(22)27(21)15-18-10-12-20(13-11-18)25-19-8-6-5-7-9-19/h10-14,19,25H,4-9,15H2,1-3H3. The smallest absolute Gasteiger partial charge is 0.160 e. The second-order valence-corrected chi connectivity index (χ2v) is 7.90. The lowest BCUT2D eigenvalue weighted by atomic mass is 9.95. The topological polar surface area (TPSA) is 42.7 Å². The first kappa shape index (κ1) is 18.0. The maximum atomic E-state index is 4.85. The summed E-state index contributed by atoms with van der Waals surface area (Å²) in [6.07, 6.45) is 7.61.